The molecule has 2 aromatic heterocycles. The van der Waals surface area contributed by atoms with Gasteiger partial charge >= 0.3 is 17.6 Å². The summed E-state index contributed by atoms with van der Waals surface area (Å²) >= 11 is 1.40. The van der Waals surface area contributed by atoms with Gasteiger partial charge < -0.3 is 47.2 Å². The molecule has 2 atom stereocenters. The zero-order valence-corrected chi connectivity index (χ0v) is 47.6. The third-order valence-electron chi connectivity index (χ3n) is 13.4. The number of hydrogen-bond donors (Lipinski definition) is 7. The Morgan fingerprint density at radius 2 is 1.34 bits per heavy atom. The number of anilines is 2. The molecule has 0 fully saturated rings. The van der Waals surface area contributed by atoms with E-state index in [-0.39, 0.29) is 73.8 Å². The van der Waals surface area contributed by atoms with Crippen molar-refractivity contribution >= 4 is 70.0 Å². The second-order valence-corrected chi connectivity index (χ2v) is 21.2. The lowest BCUT2D eigenvalue weighted by atomic mass is 10.0. The fourth-order valence-electron chi connectivity index (χ4n) is 8.72. The highest BCUT2D eigenvalue weighted by molar-refractivity contribution is 7.99. The molecule has 3 aromatic rings. The van der Waals surface area contributed by atoms with Gasteiger partial charge in [-0.15, -0.1) is 0 Å². The number of ketones is 2. The van der Waals surface area contributed by atoms with Gasteiger partial charge in [-0.25, -0.2) is 9.59 Å². The van der Waals surface area contributed by atoms with Crippen LogP contribution in [-0.2, 0) is 40.0 Å². The van der Waals surface area contributed by atoms with Gasteiger partial charge in [-0.2, -0.15) is 21.7 Å². The molecule has 432 valence electrons. The maximum atomic E-state index is 12.9. The minimum atomic E-state index is -0.960. The van der Waals surface area contributed by atoms with Crippen molar-refractivity contribution in [2.45, 2.75) is 206 Å². The van der Waals surface area contributed by atoms with E-state index in [2.05, 4.69) is 50.1 Å². The van der Waals surface area contributed by atoms with E-state index in [9.17, 15) is 33.6 Å². The quantitative estimate of drug-likeness (QED) is 0.0159. The molecule has 0 saturated heterocycles. The molecule has 3 rings (SSSR count). The number of aromatic nitrogens is 4. The first-order valence-electron chi connectivity index (χ1n) is 28.8. The number of fused-ring (bicyclic) bond motifs is 1. The van der Waals surface area contributed by atoms with Crippen molar-refractivity contribution in [3.8, 4) is 0 Å². The highest BCUT2D eigenvalue weighted by atomic mass is 32.2. The molecule has 1 aromatic carbocycles. The van der Waals surface area contributed by atoms with E-state index in [0.717, 1.165) is 102 Å². The number of thioether (sulfide) groups is 1. The predicted molar refractivity (Wildman–Crippen MR) is 308 cm³/mol. The first-order chi connectivity index (χ1) is 37.4. The van der Waals surface area contributed by atoms with Crippen molar-refractivity contribution in [3.63, 3.8) is 0 Å². The zero-order valence-electron chi connectivity index (χ0n) is 46.8. The number of nitrogens with one attached hydrogen (secondary N) is 5. The number of amides is 2. The first-order valence-corrected chi connectivity index (χ1v) is 30.0. The van der Waals surface area contributed by atoms with E-state index in [1.54, 1.807) is 24.3 Å². The molecule has 0 saturated carbocycles. The summed E-state index contributed by atoms with van der Waals surface area (Å²) in [6.07, 6.45) is 24.6. The Morgan fingerprint density at radius 1 is 0.714 bits per heavy atom. The van der Waals surface area contributed by atoms with E-state index in [0.29, 0.717) is 60.1 Å². The zero-order chi connectivity index (χ0) is 55.9. The number of carbonyl (C=O) groups excluding carboxylic acids is 6. The van der Waals surface area contributed by atoms with Crippen LogP contribution in [0, 0.1) is 0 Å². The molecule has 19 nitrogen and oxygen atoms in total. The number of Topliss-reactive ketones (excluding diaryl/α,β-unsaturated/α-hetero) is 2. The number of imidazole rings is 1. The van der Waals surface area contributed by atoms with Crippen molar-refractivity contribution in [3.05, 3.63) is 45.9 Å². The number of nitrogen functional groups attached to an aromatic ring is 1. The van der Waals surface area contributed by atoms with Crippen molar-refractivity contribution in [2.24, 2.45) is 5.73 Å². The number of rotatable bonds is 47. The normalized spacial score (nSPS) is 12.1. The summed E-state index contributed by atoms with van der Waals surface area (Å²) in [6, 6.07) is 5.16. The first kappa shape index (κ1) is 65.9. The fourth-order valence-corrected chi connectivity index (χ4v) is 9.49. The van der Waals surface area contributed by atoms with Crippen LogP contribution in [0.4, 0.5) is 11.8 Å². The van der Waals surface area contributed by atoms with E-state index < -0.39 is 24.0 Å². The second-order valence-electron chi connectivity index (χ2n) is 20.1. The number of unbranched alkanes of at least 4 members (excludes halogenated alkanes) is 17. The predicted octanol–water partition coefficient (Wildman–Crippen LogP) is 8.45. The van der Waals surface area contributed by atoms with Crippen LogP contribution < -0.4 is 38.4 Å². The lowest BCUT2D eigenvalue weighted by Crippen LogP contribution is -2.49. The van der Waals surface area contributed by atoms with Crippen LogP contribution >= 0.6 is 11.8 Å². The molecule has 0 aliphatic carbocycles. The van der Waals surface area contributed by atoms with Crippen molar-refractivity contribution < 1.29 is 38.2 Å². The molecule has 0 aliphatic heterocycles. The molecular weight excluding hydrogens is 1000 g/mol. The molecule has 9 N–H and O–H groups in total. The molecule has 0 spiro atoms. The van der Waals surface area contributed by atoms with Crippen LogP contribution in [0.5, 0.6) is 0 Å². The Bertz CT molecular complexity index is 2240. The van der Waals surface area contributed by atoms with Gasteiger partial charge in [0.15, 0.2) is 17.2 Å². The van der Waals surface area contributed by atoms with Gasteiger partial charge in [-0.1, -0.05) is 141 Å². The molecule has 2 heterocycles. The minimum absolute atomic E-state index is 0.0404. The SMILES string of the molecule is CCCCCCCCCCCCCC(=O)OCCSC[C@H](N)C(=O)N[C@@H](CCC(=O)CCCCCCCCCNCCCNC(=O)CCC(=O)c1ccc(Cn2c(=O)[nH]c3c(N)nc(NCCCC)nc32)cc1)C(=O)OC. The third-order valence-corrected chi connectivity index (χ3v) is 14.5. The Labute approximate surface area is 461 Å². The number of ether oxygens (including phenoxy) is 2. The smallest absolute Gasteiger partial charge is 0.328 e. The fraction of sp³-hybridized carbons (Fsp3) is 0.702. The van der Waals surface area contributed by atoms with E-state index >= 15 is 0 Å². The lowest BCUT2D eigenvalue weighted by Gasteiger charge is -2.19. The average molecular weight is 1100 g/mol. The summed E-state index contributed by atoms with van der Waals surface area (Å²) < 4.78 is 11.7. The average Bonchev–Trinajstić information content (AvgIpc) is 3.76. The summed E-state index contributed by atoms with van der Waals surface area (Å²) in [5.74, 6) is -0.229. The Kier molecular flexibility index (Phi) is 35.0. The Balaban J connectivity index is 1.13. The number of nitrogens with two attached hydrogens (primary N) is 2. The maximum Gasteiger partial charge on any atom is 0.328 e. The number of esters is 2. The van der Waals surface area contributed by atoms with Gasteiger partial charge in [-0.3, -0.25) is 28.5 Å². The number of nitrogens with zero attached hydrogens (tertiary/aromatic N) is 3. The topological polar surface area (TPSA) is 285 Å². The summed E-state index contributed by atoms with van der Waals surface area (Å²) in [5, 5.41) is 12.1. The lowest BCUT2D eigenvalue weighted by molar-refractivity contribution is -0.145. The van der Waals surface area contributed by atoms with Gasteiger partial charge in [-0.05, 0) is 57.2 Å². The van der Waals surface area contributed by atoms with Crippen LogP contribution in [0.3, 0.4) is 0 Å². The molecule has 0 aliphatic rings. The van der Waals surface area contributed by atoms with Crippen molar-refractivity contribution in [1.82, 2.24) is 35.5 Å². The number of H-pyrrole nitrogens is 1. The van der Waals surface area contributed by atoms with E-state index in [1.165, 1.54) is 74.8 Å². The third kappa shape index (κ3) is 28.7. The Morgan fingerprint density at radius 3 is 2.00 bits per heavy atom. The standard InChI is InChI=1S/C57H94N10O9S/c1-4-6-8-9-10-11-12-13-16-19-22-26-50(71)76-39-40-77-42-46(58)54(72)63-47(55(73)75-3)32-31-45(68)25-21-18-15-14-17-20-23-35-60-36-24-38-61-49(70)34-33-48(69)44-29-27-43(28-30-44)41-67-53-51(64-57(67)74)52(59)65-56(66-53)62-37-7-5-2/h27-30,46-47,60H,4-26,31-42,58H2,1-3H3,(H,61,70)(H,63,72)(H,64,74)(H3,59,62,65,66)/t46-,47-/m0/s1. The van der Waals surface area contributed by atoms with Crippen LogP contribution in [0.2, 0.25) is 0 Å². The van der Waals surface area contributed by atoms with Gasteiger partial charge in [0.05, 0.1) is 19.7 Å². The number of benzene rings is 1. The van der Waals surface area contributed by atoms with Crippen molar-refractivity contribution in [1.29, 1.82) is 0 Å². The minimum Gasteiger partial charge on any atom is -0.467 e. The molecule has 0 bridgehead atoms. The number of hydrogen-bond acceptors (Lipinski definition) is 16. The van der Waals surface area contributed by atoms with Crippen LogP contribution in [0.15, 0.2) is 29.1 Å². The number of carbonyl (C=O) groups is 6. The highest BCUT2D eigenvalue weighted by Crippen LogP contribution is 2.19. The van der Waals surface area contributed by atoms with Crippen molar-refractivity contribution in [2.75, 3.05) is 62.5 Å². The molecule has 0 unspecified atom stereocenters. The van der Waals surface area contributed by atoms with Crippen LogP contribution in [-0.4, -0.2) is 118 Å². The maximum absolute atomic E-state index is 12.9. The largest absolute Gasteiger partial charge is 0.467 e. The molecular formula is C57H94N10O9S. The Hall–Kier alpha value is -5.34. The summed E-state index contributed by atoms with van der Waals surface area (Å²) in [6.45, 7) is 7.68. The molecule has 2 amide bonds. The van der Waals surface area contributed by atoms with Gasteiger partial charge in [0, 0.05) is 62.3 Å². The van der Waals surface area contributed by atoms with E-state index in [4.69, 9.17) is 20.9 Å². The number of methoxy groups -OCH3 is 1. The van der Waals surface area contributed by atoms with Crippen LogP contribution in [0.25, 0.3) is 11.2 Å². The summed E-state index contributed by atoms with van der Waals surface area (Å²) in [4.78, 5) is 99.6. The van der Waals surface area contributed by atoms with Crippen LogP contribution in [0.1, 0.15) is 203 Å². The molecule has 77 heavy (non-hydrogen) atoms. The summed E-state index contributed by atoms with van der Waals surface area (Å²) in [5.41, 5.74) is 13.9. The molecule has 0 radical (unpaired) electrons. The molecule has 20 heteroatoms. The van der Waals surface area contributed by atoms with E-state index in [1.807, 2.05) is 0 Å². The summed E-state index contributed by atoms with van der Waals surface area (Å²) in [7, 11) is 1.24. The van der Waals surface area contributed by atoms with Gasteiger partial charge in [0.1, 0.15) is 23.9 Å². The van der Waals surface area contributed by atoms with Gasteiger partial charge in [0.25, 0.3) is 0 Å². The second kappa shape index (κ2) is 40.8. The number of aromatic amines is 1. The monoisotopic (exact) mass is 1090 g/mol. The van der Waals surface area contributed by atoms with Gasteiger partial charge in [0.2, 0.25) is 17.8 Å². The highest BCUT2D eigenvalue weighted by Gasteiger charge is 2.25.